The van der Waals surface area contributed by atoms with Crippen molar-refractivity contribution in [3.8, 4) is 39.7 Å². The first-order valence-corrected chi connectivity index (χ1v) is 11.7. The first-order valence-electron chi connectivity index (χ1n) is 11.7. The van der Waals surface area contributed by atoms with Gasteiger partial charge in [0, 0.05) is 37.0 Å². The molecule has 0 unspecified atom stereocenters. The SMILES string of the molecule is COc1ccccc1-c1cnc(N)c(-c2nnnn2-c2ccc(OCCN3CCOCC3)c(F)c2F)c1. The van der Waals surface area contributed by atoms with Gasteiger partial charge >= 0.3 is 0 Å². The van der Waals surface area contributed by atoms with Gasteiger partial charge in [0.1, 0.15) is 23.9 Å². The molecule has 0 bridgehead atoms. The number of ether oxygens (including phenoxy) is 3. The Morgan fingerprint density at radius 3 is 2.65 bits per heavy atom. The third-order valence-electron chi connectivity index (χ3n) is 6.07. The number of hydrogen-bond donors (Lipinski definition) is 1. The number of nitrogens with zero attached hydrogens (tertiary/aromatic N) is 6. The van der Waals surface area contributed by atoms with Crippen molar-refractivity contribution in [1.82, 2.24) is 30.1 Å². The smallest absolute Gasteiger partial charge is 0.202 e. The Morgan fingerprint density at radius 1 is 1.03 bits per heavy atom. The molecule has 2 N–H and O–H groups in total. The second kappa shape index (κ2) is 10.8. The van der Waals surface area contributed by atoms with E-state index in [1.807, 2.05) is 24.3 Å². The van der Waals surface area contributed by atoms with Crippen LogP contribution in [0.1, 0.15) is 0 Å². The highest BCUT2D eigenvalue weighted by molar-refractivity contribution is 5.78. The summed E-state index contributed by atoms with van der Waals surface area (Å²) in [7, 11) is 1.57. The fourth-order valence-electron chi connectivity index (χ4n) is 4.11. The van der Waals surface area contributed by atoms with Crippen molar-refractivity contribution in [2.24, 2.45) is 0 Å². The summed E-state index contributed by atoms with van der Waals surface area (Å²) in [5, 5.41) is 11.6. The predicted molar refractivity (Wildman–Crippen MR) is 131 cm³/mol. The molecule has 1 saturated heterocycles. The van der Waals surface area contributed by atoms with E-state index in [9.17, 15) is 4.39 Å². The molecular weight excluding hydrogens is 484 g/mol. The van der Waals surface area contributed by atoms with Crippen LogP contribution in [0.2, 0.25) is 0 Å². The number of morpholine rings is 1. The van der Waals surface area contributed by atoms with Crippen LogP contribution in [0.15, 0.2) is 48.7 Å². The number of benzene rings is 2. The monoisotopic (exact) mass is 509 g/mol. The lowest BCUT2D eigenvalue weighted by Crippen LogP contribution is -2.38. The third kappa shape index (κ3) is 5.06. The molecule has 0 radical (unpaired) electrons. The summed E-state index contributed by atoms with van der Waals surface area (Å²) in [5.74, 6) is -1.61. The molecular formula is C25H25F2N7O3. The molecule has 0 saturated carbocycles. The highest BCUT2D eigenvalue weighted by Gasteiger charge is 2.22. The van der Waals surface area contributed by atoms with Crippen LogP contribution in [0.25, 0.3) is 28.2 Å². The van der Waals surface area contributed by atoms with Crippen molar-refractivity contribution in [1.29, 1.82) is 0 Å². The maximum absolute atomic E-state index is 15.2. The van der Waals surface area contributed by atoms with Crippen LogP contribution in [-0.2, 0) is 4.74 Å². The number of pyridine rings is 1. The van der Waals surface area contributed by atoms with Crippen LogP contribution in [0.4, 0.5) is 14.6 Å². The van der Waals surface area contributed by atoms with E-state index < -0.39 is 11.6 Å². The molecule has 1 aliphatic heterocycles. The molecule has 37 heavy (non-hydrogen) atoms. The molecule has 1 fully saturated rings. The number of nitrogens with two attached hydrogens (primary N) is 1. The van der Waals surface area contributed by atoms with Crippen molar-refractivity contribution in [3.63, 3.8) is 0 Å². The molecule has 0 aliphatic carbocycles. The van der Waals surface area contributed by atoms with Gasteiger partial charge in [0.15, 0.2) is 17.4 Å². The lowest BCUT2D eigenvalue weighted by atomic mass is 10.0. The first kappa shape index (κ1) is 24.5. The van der Waals surface area contributed by atoms with Gasteiger partial charge in [0.25, 0.3) is 0 Å². The summed E-state index contributed by atoms with van der Waals surface area (Å²) in [6, 6.07) is 11.8. The molecule has 0 amide bonds. The van der Waals surface area contributed by atoms with Crippen molar-refractivity contribution in [2.45, 2.75) is 0 Å². The van der Waals surface area contributed by atoms with E-state index in [2.05, 4.69) is 25.4 Å². The number of para-hydroxylation sites is 1. The predicted octanol–water partition coefficient (Wildman–Crippen LogP) is 2.97. The van der Waals surface area contributed by atoms with Gasteiger partial charge in [0.05, 0.1) is 25.9 Å². The van der Waals surface area contributed by atoms with Gasteiger partial charge in [-0.05, 0) is 34.7 Å². The molecule has 2 aromatic heterocycles. The van der Waals surface area contributed by atoms with E-state index in [0.29, 0.717) is 36.6 Å². The van der Waals surface area contributed by atoms with Gasteiger partial charge < -0.3 is 19.9 Å². The highest BCUT2D eigenvalue weighted by Crippen LogP contribution is 2.34. The highest BCUT2D eigenvalue weighted by atomic mass is 19.2. The van der Waals surface area contributed by atoms with E-state index in [4.69, 9.17) is 19.9 Å². The maximum Gasteiger partial charge on any atom is 0.202 e. The van der Waals surface area contributed by atoms with Crippen molar-refractivity contribution < 1.29 is 23.0 Å². The summed E-state index contributed by atoms with van der Waals surface area (Å²) >= 11 is 0. The van der Waals surface area contributed by atoms with Gasteiger partial charge in [-0.15, -0.1) is 5.10 Å². The molecule has 5 rings (SSSR count). The minimum atomic E-state index is -1.15. The van der Waals surface area contributed by atoms with E-state index in [-0.39, 0.29) is 29.7 Å². The zero-order chi connectivity index (χ0) is 25.8. The Hall–Kier alpha value is -4.16. The Balaban J connectivity index is 1.43. The number of aromatic nitrogens is 5. The number of hydrogen-bond acceptors (Lipinski definition) is 9. The topological polar surface area (TPSA) is 113 Å². The molecule has 10 nitrogen and oxygen atoms in total. The summed E-state index contributed by atoms with van der Waals surface area (Å²) < 4.78 is 47.5. The second-order valence-corrected chi connectivity index (χ2v) is 8.28. The zero-order valence-corrected chi connectivity index (χ0v) is 20.1. The van der Waals surface area contributed by atoms with Crippen molar-refractivity contribution in [2.75, 3.05) is 52.3 Å². The van der Waals surface area contributed by atoms with Gasteiger partial charge in [-0.3, -0.25) is 4.90 Å². The average Bonchev–Trinajstić information content (AvgIpc) is 3.41. The summed E-state index contributed by atoms with van der Waals surface area (Å²) in [6.45, 7) is 3.64. The number of nitrogen functional groups attached to an aromatic ring is 1. The molecule has 4 aromatic rings. The summed E-state index contributed by atoms with van der Waals surface area (Å²) in [6.07, 6.45) is 1.59. The molecule has 1 aliphatic rings. The molecule has 0 atom stereocenters. The van der Waals surface area contributed by atoms with Crippen molar-refractivity contribution >= 4 is 5.82 Å². The summed E-state index contributed by atoms with van der Waals surface area (Å²) in [4.78, 5) is 6.40. The number of methoxy groups -OCH3 is 1. The number of tetrazole rings is 1. The Morgan fingerprint density at radius 2 is 1.84 bits per heavy atom. The minimum absolute atomic E-state index is 0.0982. The van der Waals surface area contributed by atoms with Crippen LogP contribution in [0.3, 0.4) is 0 Å². The molecule has 12 heteroatoms. The van der Waals surface area contributed by atoms with E-state index >= 15 is 4.39 Å². The Kier molecular flexibility index (Phi) is 7.19. The van der Waals surface area contributed by atoms with Crippen molar-refractivity contribution in [3.05, 3.63) is 60.3 Å². The third-order valence-corrected chi connectivity index (χ3v) is 6.07. The number of rotatable bonds is 8. The van der Waals surface area contributed by atoms with Crippen LogP contribution < -0.4 is 15.2 Å². The maximum atomic E-state index is 15.2. The molecule has 192 valence electrons. The fraction of sp³-hybridized carbons (Fsp3) is 0.280. The van der Waals surface area contributed by atoms with Crippen LogP contribution in [0, 0.1) is 11.6 Å². The van der Waals surface area contributed by atoms with E-state index in [0.717, 1.165) is 23.3 Å². The first-order chi connectivity index (χ1) is 18.1. The zero-order valence-electron chi connectivity index (χ0n) is 20.1. The molecule has 0 spiro atoms. The quantitative estimate of drug-likeness (QED) is 0.383. The van der Waals surface area contributed by atoms with Crippen LogP contribution in [0.5, 0.6) is 11.5 Å². The lowest BCUT2D eigenvalue weighted by molar-refractivity contribution is 0.0320. The van der Waals surface area contributed by atoms with Crippen LogP contribution >= 0.6 is 0 Å². The lowest BCUT2D eigenvalue weighted by Gasteiger charge is -2.26. The number of halogens is 2. The van der Waals surface area contributed by atoms with Gasteiger partial charge in [-0.25, -0.2) is 9.37 Å². The standard InChI is InChI=1S/C25H25F2N7O3/c1-35-20-5-3-2-4-17(20)16-14-18(24(28)29-15-16)25-30-31-32-34(25)19-6-7-21(23(27)22(19)26)37-13-10-33-8-11-36-12-9-33/h2-7,14-15H,8-13H2,1H3,(H2,28,29). The van der Waals surface area contributed by atoms with E-state index in [1.165, 1.54) is 12.1 Å². The van der Waals surface area contributed by atoms with E-state index in [1.54, 1.807) is 19.4 Å². The normalized spacial score (nSPS) is 14.0. The second-order valence-electron chi connectivity index (χ2n) is 8.28. The van der Waals surface area contributed by atoms with Gasteiger partial charge in [-0.2, -0.15) is 9.07 Å². The van der Waals surface area contributed by atoms with Crippen LogP contribution in [-0.4, -0.2) is 76.7 Å². The van der Waals surface area contributed by atoms with Gasteiger partial charge in [0.2, 0.25) is 5.82 Å². The molecule has 2 aromatic carbocycles. The average molecular weight is 510 g/mol. The minimum Gasteiger partial charge on any atom is -0.496 e. The fourth-order valence-corrected chi connectivity index (χ4v) is 4.11. The summed E-state index contributed by atoms with van der Waals surface area (Å²) in [5.41, 5.74) is 7.74. The largest absolute Gasteiger partial charge is 0.496 e. The Labute approximate surface area is 211 Å². The number of anilines is 1. The Bertz CT molecular complexity index is 1390. The van der Waals surface area contributed by atoms with Gasteiger partial charge in [-0.1, -0.05) is 18.2 Å². The molecule has 3 heterocycles.